The molecule has 0 aliphatic rings. The first-order valence-corrected chi connectivity index (χ1v) is 21.6. The van der Waals surface area contributed by atoms with Gasteiger partial charge in [0.1, 0.15) is 0 Å². The molecule has 0 aliphatic carbocycles. The van der Waals surface area contributed by atoms with Crippen LogP contribution >= 0.6 is 46.3 Å². The number of halogens is 2. The Hall–Kier alpha value is -1.55. The summed E-state index contributed by atoms with van der Waals surface area (Å²) in [6, 6.07) is 12.3. The maximum Gasteiger partial charge on any atom is 0.264 e. The molecule has 0 amide bonds. The standard InChI is InChI=1S/C16H9Cl2NOS2.C7H16O.2C6H14O3S/c17-11-3-6-14(18)13(9-11)15(20)10-1-4-12(5-2-10)22-16-19-7-8-21-16;1-5-8-6-7(2,3)4;2*1-6(2,3)5-9-10(4,7)8/h1-9H;5-6H2,1-4H3;2*5H2,1-4H3. The number of hydrogen-bond donors (Lipinski definition) is 0. The fraction of sp³-hybridized carbons (Fsp3) is 0.543. The van der Waals surface area contributed by atoms with E-state index in [4.69, 9.17) is 27.9 Å². The van der Waals surface area contributed by atoms with Crippen LogP contribution < -0.4 is 0 Å². The molecule has 284 valence electrons. The Bertz CT molecular complexity index is 1600. The van der Waals surface area contributed by atoms with Crippen molar-refractivity contribution in [2.75, 3.05) is 38.9 Å². The smallest absolute Gasteiger partial charge is 0.264 e. The van der Waals surface area contributed by atoms with E-state index in [9.17, 15) is 21.6 Å². The molecular weight excluding hydrogens is 762 g/mol. The Labute approximate surface area is 319 Å². The number of thiazole rings is 1. The number of hydrogen-bond acceptors (Lipinski definition) is 11. The van der Waals surface area contributed by atoms with E-state index in [1.165, 1.54) is 0 Å². The highest BCUT2D eigenvalue weighted by atomic mass is 35.5. The lowest BCUT2D eigenvalue weighted by Crippen LogP contribution is -2.17. The van der Waals surface area contributed by atoms with Crippen LogP contribution in [-0.4, -0.2) is 66.5 Å². The highest BCUT2D eigenvalue weighted by Gasteiger charge is 2.15. The van der Waals surface area contributed by atoms with E-state index in [-0.39, 0.29) is 29.8 Å². The van der Waals surface area contributed by atoms with Gasteiger partial charge in [-0.1, -0.05) is 97.3 Å². The molecule has 2 aromatic carbocycles. The second kappa shape index (κ2) is 21.9. The third-order valence-electron chi connectivity index (χ3n) is 5.06. The summed E-state index contributed by atoms with van der Waals surface area (Å²) < 4.78 is 57.1. The number of benzene rings is 2. The summed E-state index contributed by atoms with van der Waals surface area (Å²) in [6.45, 7) is 22.2. The van der Waals surface area contributed by atoms with Crippen LogP contribution in [0.1, 0.15) is 85.2 Å². The first kappa shape index (κ1) is 48.5. The molecule has 0 saturated carbocycles. The number of aromatic nitrogens is 1. The largest absolute Gasteiger partial charge is 0.381 e. The zero-order chi connectivity index (χ0) is 39.0. The van der Waals surface area contributed by atoms with Crippen LogP contribution in [0.5, 0.6) is 0 Å². The molecule has 3 rings (SSSR count). The van der Waals surface area contributed by atoms with Gasteiger partial charge in [-0.25, -0.2) is 4.98 Å². The van der Waals surface area contributed by atoms with Crippen LogP contribution in [0, 0.1) is 16.2 Å². The van der Waals surface area contributed by atoms with Crippen LogP contribution in [0.25, 0.3) is 0 Å². The second-order valence-corrected chi connectivity index (χ2v) is 21.0. The van der Waals surface area contributed by atoms with Gasteiger partial charge in [0.25, 0.3) is 20.2 Å². The van der Waals surface area contributed by atoms with E-state index in [1.807, 2.05) is 66.0 Å². The van der Waals surface area contributed by atoms with Crippen molar-refractivity contribution in [3.8, 4) is 0 Å². The average molecular weight is 815 g/mol. The SMILES string of the molecule is CC(C)(C)COS(C)(=O)=O.CC(C)(C)COS(C)(=O)=O.CCOCC(C)(C)C.O=C(c1ccc(Sc2nccs2)cc1)c1cc(Cl)ccc1Cl. The molecular formula is C35H53Cl2NO8S4. The van der Waals surface area contributed by atoms with E-state index >= 15 is 0 Å². The lowest BCUT2D eigenvalue weighted by Gasteiger charge is -2.16. The topological polar surface area (TPSA) is 126 Å². The lowest BCUT2D eigenvalue weighted by atomic mass is 9.99. The number of ether oxygens (including phenoxy) is 1. The molecule has 1 heterocycles. The molecule has 50 heavy (non-hydrogen) atoms. The van der Waals surface area contributed by atoms with Gasteiger partial charge in [-0.3, -0.25) is 13.2 Å². The highest BCUT2D eigenvalue weighted by molar-refractivity contribution is 8.01. The monoisotopic (exact) mass is 813 g/mol. The van der Waals surface area contributed by atoms with Crippen molar-refractivity contribution in [2.24, 2.45) is 16.2 Å². The summed E-state index contributed by atoms with van der Waals surface area (Å²) >= 11 is 15.2. The molecule has 0 N–H and O–H groups in total. The van der Waals surface area contributed by atoms with Gasteiger partial charge in [-0.15, -0.1) is 11.3 Å². The summed E-state index contributed by atoms with van der Waals surface area (Å²) in [5.74, 6) is -0.140. The van der Waals surface area contributed by atoms with Crippen molar-refractivity contribution in [3.63, 3.8) is 0 Å². The van der Waals surface area contributed by atoms with Gasteiger partial charge >= 0.3 is 0 Å². The average Bonchev–Trinajstić information content (AvgIpc) is 3.48. The molecule has 0 bridgehead atoms. The Balaban J connectivity index is 0.000000722. The maximum absolute atomic E-state index is 12.5. The number of carbonyl (C=O) groups is 1. The Kier molecular flexibility index (Phi) is 21.2. The van der Waals surface area contributed by atoms with E-state index in [0.29, 0.717) is 26.6 Å². The molecule has 0 atom stereocenters. The number of ketones is 1. The summed E-state index contributed by atoms with van der Waals surface area (Å²) in [5.41, 5.74) is 1.13. The third kappa shape index (κ3) is 27.1. The van der Waals surface area contributed by atoms with E-state index in [0.717, 1.165) is 35.0 Å². The van der Waals surface area contributed by atoms with Crippen LogP contribution in [0.2, 0.25) is 10.0 Å². The van der Waals surface area contributed by atoms with E-state index in [1.54, 1.807) is 59.6 Å². The lowest BCUT2D eigenvalue weighted by molar-refractivity contribution is 0.0805. The Morgan fingerprint density at radius 2 is 1.26 bits per heavy atom. The van der Waals surface area contributed by atoms with Crippen LogP contribution in [0.15, 0.2) is 63.3 Å². The van der Waals surface area contributed by atoms with Gasteiger partial charge in [-0.2, -0.15) is 16.8 Å². The van der Waals surface area contributed by atoms with Gasteiger partial charge in [-0.05, 0) is 65.6 Å². The zero-order valence-electron chi connectivity index (χ0n) is 31.1. The number of nitrogens with zero attached hydrogens (tertiary/aromatic N) is 1. The quantitative estimate of drug-likeness (QED) is 0.144. The van der Waals surface area contributed by atoms with Crippen LogP contribution in [0.4, 0.5) is 0 Å². The molecule has 0 radical (unpaired) electrons. The summed E-state index contributed by atoms with van der Waals surface area (Å²) in [7, 11) is -6.51. The molecule has 0 fully saturated rings. The zero-order valence-corrected chi connectivity index (χ0v) is 35.9. The molecule has 1 aromatic heterocycles. The summed E-state index contributed by atoms with van der Waals surface area (Å²) in [4.78, 5) is 17.7. The predicted molar refractivity (Wildman–Crippen MR) is 209 cm³/mol. The molecule has 0 unspecified atom stereocenters. The third-order valence-corrected chi connectivity index (χ3v) is 8.60. The normalized spacial score (nSPS) is 12.0. The summed E-state index contributed by atoms with van der Waals surface area (Å²) in [6.07, 6.45) is 3.88. The minimum absolute atomic E-state index is 0.0942. The van der Waals surface area contributed by atoms with Gasteiger partial charge in [0.05, 0.1) is 37.4 Å². The molecule has 3 aromatic rings. The fourth-order valence-electron chi connectivity index (χ4n) is 2.84. The minimum Gasteiger partial charge on any atom is -0.381 e. The molecule has 9 nitrogen and oxygen atoms in total. The van der Waals surface area contributed by atoms with Crippen LogP contribution in [-0.2, 0) is 33.3 Å². The molecule has 0 spiro atoms. The number of carbonyl (C=O) groups excluding carboxylic acids is 1. The summed E-state index contributed by atoms with van der Waals surface area (Å²) in [5, 5.41) is 2.82. The van der Waals surface area contributed by atoms with Crippen molar-refractivity contribution in [2.45, 2.75) is 78.5 Å². The predicted octanol–water partition coefficient (Wildman–Crippen LogP) is 9.92. The first-order valence-electron chi connectivity index (χ1n) is 15.5. The fourth-order valence-corrected chi connectivity index (χ4v) is 5.94. The highest BCUT2D eigenvalue weighted by Crippen LogP contribution is 2.30. The van der Waals surface area contributed by atoms with Crippen molar-refractivity contribution >= 4 is 72.3 Å². The van der Waals surface area contributed by atoms with Gasteiger partial charge in [0.2, 0.25) is 0 Å². The van der Waals surface area contributed by atoms with E-state index < -0.39 is 20.2 Å². The minimum atomic E-state index is -3.26. The first-order chi connectivity index (χ1) is 22.6. The second-order valence-electron chi connectivity index (χ2n) is 14.6. The molecule has 0 aliphatic heterocycles. The van der Waals surface area contributed by atoms with Gasteiger partial charge < -0.3 is 4.74 Å². The van der Waals surface area contributed by atoms with E-state index in [2.05, 4.69) is 34.1 Å². The van der Waals surface area contributed by atoms with Crippen molar-refractivity contribution in [1.29, 1.82) is 0 Å². The van der Waals surface area contributed by atoms with Gasteiger partial charge in [0.15, 0.2) is 10.1 Å². The van der Waals surface area contributed by atoms with Crippen molar-refractivity contribution < 1.29 is 34.7 Å². The Morgan fingerprint density at radius 3 is 1.60 bits per heavy atom. The number of rotatable bonds is 10. The maximum atomic E-state index is 12.5. The molecule has 15 heteroatoms. The molecule has 0 saturated heterocycles. The van der Waals surface area contributed by atoms with Gasteiger partial charge in [0, 0.05) is 39.2 Å². The Morgan fingerprint density at radius 1 is 0.780 bits per heavy atom. The van der Waals surface area contributed by atoms with Crippen LogP contribution in [0.3, 0.4) is 0 Å². The van der Waals surface area contributed by atoms with Crippen molar-refractivity contribution in [1.82, 2.24) is 4.98 Å². The van der Waals surface area contributed by atoms with Crippen molar-refractivity contribution in [3.05, 3.63) is 75.2 Å².